The highest BCUT2D eigenvalue weighted by Gasteiger charge is 2.24. The van der Waals surface area contributed by atoms with Crippen molar-refractivity contribution in [1.82, 2.24) is 15.0 Å². The largest absolute Gasteiger partial charge is 0.384 e. The molecule has 2 heterocycles. The highest BCUT2D eigenvalue weighted by Crippen LogP contribution is 2.27. The molecule has 3 rings (SSSR count). The van der Waals surface area contributed by atoms with Crippen molar-refractivity contribution in [3.8, 4) is 0 Å². The molecule has 7 heteroatoms. The average molecular weight is 380 g/mol. The lowest BCUT2D eigenvalue weighted by atomic mass is 9.86. The van der Waals surface area contributed by atoms with E-state index in [0.29, 0.717) is 43.7 Å². The van der Waals surface area contributed by atoms with Gasteiger partial charge in [0.1, 0.15) is 6.61 Å². The minimum absolute atomic E-state index is 0.154. The number of hydrogen-bond donors (Lipinski definition) is 0. The van der Waals surface area contributed by atoms with Gasteiger partial charge in [-0.15, -0.1) is 0 Å². The Kier molecular flexibility index (Phi) is 8.08. The van der Waals surface area contributed by atoms with E-state index in [2.05, 4.69) is 10.1 Å². The molecule has 2 fully saturated rings. The SMILES string of the molecule is COCCc1noc(COC2CCN(C(=O)CCC3CCCCC3)CC2)n1. The van der Waals surface area contributed by atoms with Crippen molar-refractivity contribution in [3.63, 3.8) is 0 Å². The maximum absolute atomic E-state index is 12.5. The minimum Gasteiger partial charge on any atom is -0.384 e. The number of carbonyl (C=O) groups excluding carboxylic acids is 1. The van der Waals surface area contributed by atoms with Crippen LogP contribution >= 0.6 is 0 Å². The van der Waals surface area contributed by atoms with Gasteiger partial charge in [-0.3, -0.25) is 4.79 Å². The zero-order chi connectivity index (χ0) is 18.9. The van der Waals surface area contributed by atoms with Crippen LogP contribution in [-0.2, 0) is 27.3 Å². The first-order valence-corrected chi connectivity index (χ1v) is 10.4. The smallest absolute Gasteiger partial charge is 0.252 e. The third-order valence-corrected chi connectivity index (χ3v) is 5.77. The molecule has 0 bridgehead atoms. The van der Waals surface area contributed by atoms with Crippen LogP contribution in [0.3, 0.4) is 0 Å². The third-order valence-electron chi connectivity index (χ3n) is 5.77. The van der Waals surface area contributed by atoms with Gasteiger partial charge in [0.2, 0.25) is 5.91 Å². The lowest BCUT2D eigenvalue weighted by molar-refractivity contribution is -0.134. The molecule has 1 saturated heterocycles. The molecular formula is C20H33N3O4. The number of piperidine rings is 1. The summed E-state index contributed by atoms with van der Waals surface area (Å²) in [6, 6.07) is 0. The van der Waals surface area contributed by atoms with Crippen molar-refractivity contribution in [1.29, 1.82) is 0 Å². The molecule has 0 radical (unpaired) electrons. The van der Waals surface area contributed by atoms with Crippen molar-refractivity contribution in [2.75, 3.05) is 26.8 Å². The van der Waals surface area contributed by atoms with Crippen LogP contribution in [0.2, 0.25) is 0 Å². The van der Waals surface area contributed by atoms with Gasteiger partial charge in [-0.05, 0) is 25.2 Å². The van der Waals surface area contributed by atoms with E-state index in [9.17, 15) is 4.79 Å². The summed E-state index contributed by atoms with van der Waals surface area (Å²) in [6.07, 6.45) is 11.0. The molecule has 0 spiro atoms. The Morgan fingerprint density at radius 3 is 2.70 bits per heavy atom. The normalized spacial score (nSPS) is 19.5. The summed E-state index contributed by atoms with van der Waals surface area (Å²) in [5, 5.41) is 3.91. The van der Waals surface area contributed by atoms with Crippen molar-refractivity contribution >= 4 is 5.91 Å². The van der Waals surface area contributed by atoms with E-state index in [1.807, 2.05) is 4.90 Å². The molecule has 1 amide bonds. The molecule has 152 valence electrons. The fourth-order valence-corrected chi connectivity index (χ4v) is 4.07. The van der Waals surface area contributed by atoms with Crippen molar-refractivity contribution in [2.45, 2.75) is 76.9 Å². The summed E-state index contributed by atoms with van der Waals surface area (Å²) in [4.78, 5) is 18.8. The first kappa shape index (κ1) is 20.3. The lowest BCUT2D eigenvalue weighted by Crippen LogP contribution is -2.40. The second kappa shape index (κ2) is 10.8. The van der Waals surface area contributed by atoms with Gasteiger partial charge in [0.05, 0.1) is 12.7 Å². The van der Waals surface area contributed by atoms with Crippen LogP contribution in [0.25, 0.3) is 0 Å². The Morgan fingerprint density at radius 1 is 1.19 bits per heavy atom. The summed E-state index contributed by atoms with van der Waals surface area (Å²) in [7, 11) is 1.65. The second-order valence-electron chi connectivity index (χ2n) is 7.78. The lowest BCUT2D eigenvalue weighted by Gasteiger charge is -2.32. The van der Waals surface area contributed by atoms with E-state index in [1.165, 1.54) is 32.1 Å². The number of hydrogen-bond acceptors (Lipinski definition) is 6. The van der Waals surface area contributed by atoms with E-state index in [4.69, 9.17) is 14.0 Å². The molecule has 0 unspecified atom stereocenters. The van der Waals surface area contributed by atoms with Gasteiger partial charge in [-0.2, -0.15) is 4.98 Å². The van der Waals surface area contributed by atoms with Gasteiger partial charge in [-0.25, -0.2) is 0 Å². The molecule has 1 aromatic heterocycles. The van der Waals surface area contributed by atoms with Crippen LogP contribution in [0.4, 0.5) is 0 Å². The van der Waals surface area contributed by atoms with E-state index in [-0.39, 0.29) is 6.10 Å². The predicted molar refractivity (Wildman–Crippen MR) is 100 cm³/mol. The van der Waals surface area contributed by atoms with E-state index in [0.717, 1.165) is 38.3 Å². The highest BCUT2D eigenvalue weighted by atomic mass is 16.5. The molecule has 0 N–H and O–H groups in total. The zero-order valence-electron chi connectivity index (χ0n) is 16.5. The molecule has 0 aromatic carbocycles. The number of rotatable bonds is 9. The van der Waals surface area contributed by atoms with Crippen LogP contribution < -0.4 is 0 Å². The monoisotopic (exact) mass is 379 g/mol. The standard InChI is InChI=1S/C20H33N3O4/c1-25-14-11-18-21-19(27-22-18)15-26-17-9-12-23(13-10-17)20(24)8-7-16-5-3-2-4-6-16/h16-17H,2-15H2,1H3. The molecule has 1 aliphatic carbocycles. The van der Waals surface area contributed by atoms with E-state index < -0.39 is 0 Å². The Labute approximate surface area is 161 Å². The topological polar surface area (TPSA) is 77.7 Å². The molecule has 1 aliphatic heterocycles. The van der Waals surface area contributed by atoms with Gasteiger partial charge >= 0.3 is 0 Å². The van der Waals surface area contributed by atoms with E-state index in [1.54, 1.807) is 7.11 Å². The van der Waals surface area contributed by atoms with Gasteiger partial charge in [-0.1, -0.05) is 37.3 Å². The summed E-state index contributed by atoms with van der Waals surface area (Å²) >= 11 is 0. The Morgan fingerprint density at radius 2 is 1.96 bits per heavy atom. The fourth-order valence-electron chi connectivity index (χ4n) is 4.07. The van der Waals surface area contributed by atoms with Crippen LogP contribution in [0.15, 0.2) is 4.52 Å². The second-order valence-corrected chi connectivity index (χ2v) is 7.78. The molecule has 7 nitrogen and oxygen atoms in total. The van der Waals surface area contributed by atoms with Crippen molar-refractivity contribution in [2.24, 2.45) is 5.92 Å². The Bertz CT molecular complexity index is 563. The Hall–Kier alpha value is -1.47. The van der Waals surface area contributed by atoms with Crippen molar-refractivity contribution in [3.05, 3.63) is 11.7 Å². The minimum atomic E-state index is 0.154. The van der Waals surface area contributed by atoms with Crippen LogP contribution in [0.1, 0.15) is 69.5 Å². The Balaban J connectivity index is 1.31. The maximum atomic E-state index is 12.5. The number of aromatic nitrogens is 2. The first-order valence-electron chi connectivity index (χ1n) is 10.4. The molecule has 0 atom stereocenters. The number of methoxy groups -OCH3 is 1. The molecule has 27 heavy (non-hydrogen) atoms. The summed E-state index contributed by atoms with van der Waals surface area (Å²) in [6.45, 7) is 2.49. The highest BCUT2D eigenvalue weighted by molar-refractivity contribution is 5.76. The fraction of sp³-hybridized carbons (Fsp3) is 0.850. The molecule has 2 aliphatic rings. The van der Waals surface area contributed by atoms with Crippen LogP contribution in [0.5, 0.6) is 0 Å². The number of amides is 1. The summed E-state index contributed by atoms with van der Waals surface area (Å²) in [5.41, 5.74) is 0. The summed E-state index contributed by atoms with van der Waals surface area (Å²) in [5.74, 6) is 2.24. The first-order chi connectivity index (χ1) is 13.2. The van der Waals surface area contributed by atoms with E-state index >= 15 is 0 Å². The van der Waals surface area contributed by atoms with Gasteiger partial charge < -0.3 is 18.9 Å². The number of ether oxygens (including phenoxy) is 2. The van der Waals surface area contributed by atoms with Gasteiger partial charge in [0.25, 0.3) is 5.89 Å². The number of nitrogens with zero attached hydrogens (tertiary/aromatic N) is 3. The molecular weight excluding hydrogens is 346 g/mol. The summed E-state index contributed by atoms with van der Waals surface area (Å²) < 4.78 is 16.1. The predicted octanol–water partition coefficient (Wildman–Crippen LogP) is 3.13. The maximum Gasteiger partial charge on any atom is 0.252 e. The van der Waals surface area contributed by atoms with Gasteiger partial charge in [0.15, 0.2) is 5.82 Å². The van der Waals surface area contributed by atoms with Crippen LogP contribution in [-0.4, -0.2) is 53.9 Å². The molecule has 1 saturated carbocycles. The molecule has 1 aromatic rings. The number of carbonyl (C=O) groups is 1. The van der Waals surface area contributed by atoms with Gasteiger partial charge in [0, 0.05) is 33.0 Å². The average Bonchev–Trinajstić information content (AvgIpc) is 3.18. The zero-order valence-corrected chi connectivity index (χ0v) is 16.5. The van der Waals surface area contributed by atoms with Crippen LogP contribution in [0, 0.1) is 5.92 Å². The quantitative estimate of drug-likeness (QED) is 0.656. The third kappa shape index (κ3) is 6.57. The van der Waals surface area contributed by atoms with Crippen molar-refractivity contribution < 1.29 is 18.8 Å². The number of likely N-dealkylation sites (tertiary alicyclic amines) is 1.